The smallest absolute Gasteiger partial charge is 0.112 e. The van der Waals surface area contributed by atoms with Crippen molar-refractivity contribution in [2.75, 3.05) is 6.54 Å². The van der Waals surface area contributed by atoms with Crippen molar-refractivity contribution in [3.8, 4) is 0 Å². The lowest BCUT2D eigenvalue weighted by atomic mass is 9.73. The molecule has 1 atom stereocenters. The minimum atomic E-state index is -0.979. The lowest BCUT2D eigenvalue weighted by Gasteiger charge is -2.36. The fourth-order valence-corrected chi connectivity index (χ4v) is 1.50. The Labute approximate surface area is 61.8 Å². The minimum absolute atomic E-state index is 0.302. The molecule has 1 aliphatic rings. The molecular weight excluding hydrogens is 129 g/mol. The molecule has 0 amide bonds. The van der Waals surface area contributed by atoms with Crippen LogP contribution in [0.25, 0.3) is 0 Å². The predicted molar refractivity (Wildman–Crippen MR) is 40.5 cm³/mol. The zero-order chi connectivity index (χ0) is 7.61. The summed E-state index contributed by atoms with van der Waals surface area (Å²) in [7, 11) is 0. The van der Waals surface area contributed by atoms with Crippen LogP contribution in [-0.2, 0) is 0 Å². The highest BCUT2D eigenvalue weighted by atomic mass is 19.1. The fourth-order valence-electron chi connectivity index (χ4n) is 1.50. The van der Waals surface area contributed by atoms with Gasteiger partial charge in [0.15, 0.2) is 0 Å². The van der Waals surface area contributed by atoms with Crippen LogP contribution in [0.2, 0.25) is 0 Å². The highest BCUT2D eigenvalue weighted by Crippen LogP contribution is 2.40. The SMILES string of the molecule is CC(F)(CCN)C1CCC1. The van der Waals surface area contributed by atoms with Crippen LogP contribution in [0.5, 0.6) is 0 Å². The summed E-state index contributed by atoms with van der Waals surface area (Å²) < 4.78 is 13.5. The van der Waals surface area contributed by atoms with Crippen molar-refractivity contribution in [1.29, 1.82) is 0 Å². The summed E-state index contributed by atoms with van der Waals surface area (Å²) in [5.74, 6) is 0.302. The van der Waals surface area contributed by atoms with Crippen molar-refractivity contribution >= 4 is 0 Å². The van der Waals surface area contributed by atoms with Gasteiger partial charge in [-0.2, -0.15) is 0 Å². The van der Waals surface area contributed by atoms with E-state index in [1.807, 2.05) is 0 Å². The Kier molecular flexibility index (Phi) is 2.29. The maximum absolute atomic E-state index is 13.5. The lowest BCUT2D eigenvalue weighted by Crippen LogP contribution is -2.36. The lowest BCUT2D eigenvalue weighted by molar-refractivity contribution is 0.0434. The van der Waals surface area contributed by atoms with E-state index in [0.717, 1.165) is 12.8 Å². The summed E-state index contributed by atoms with van der Waals surface area (Å²) in [6, 6.07) is 0. The van der Waals surface area contributed by atoms with E-state index in [1.54, 1.807) is 6.92 Å². The molecule has 1 fully saturated rings. The molecule has 60 valence electrons. The van der Waals surface area contributed by atoms with E-state index in [0.29, 0.717) is 18.9 Å². The molecule has 0 bridgehead atoms. The van der Waals surface area contributed by atoms with Crippen molar-refractivity contribution in [2.45, 2.75) is 38.3 Å². The molecular formula is C8H16FN. The fraction of sp³-hybridized carbons (Fsp3) is 1.00. The Morgan fingerprint density at radius 3 is 2.50 bits per heavy atom. The average Bonchev–Trinajstić information content (AvgIpc) is 1.56. The quantitative estimate of drug-likeness (QED) is 0.644. The third kappa shape index (κ3) is 1.48. The van der Waals surface area contributed by atoms with Gasteiger partial charge in [0.2, 0.25) is 0 Å². The van der Waals surface area contributed by atoms with Crippen molar-refractivity contribution < 1.29 is 4.39 Å². The molecule has 1 rings (SSSR count). The third-order valence-electron chi connectivity index (χ3n) is 2.59. The first-order valence-corrected chi connectivity index (χ1v) is 4.06. The van der Waals surface area contributed by atoms with Crippen molar-refractivity contribution in [1.82, 2.24) is 0 Å². The van der Waals surface area contributed by atoms with Gasteiger partial charge in [0, 0.05) is 0 Å². The molecule has 1 aliphatic carbocycles. The number of halogens is 1. The van der Waals surface area contributed by atoms with Crippen LogP contribution in [0.4, 0.5) is 4.39 Å². The average molecular weight is 145 g/mol. The Morgan fingerprint density at radius 2 is 2.20 bits per heavy atom. The summed E-state index contributed by atoms with van der Waals surface area (Å²) in [4.78, 5) is 0. The second kappa shape index (κ2) is 2.87. The molecule has 0 aromatic carbocycles. The van der Waals surface area contributed by atoms with Crippen LogP contribution in [0.1, 0.15) is 32.6 Å². The monoisotopic (exact) mass is 145 g/mol. The van der Waals surface area contributed by atoms with Gasteiger partial charge in [0.25, 0.3) is 0 Å². The molecule has 1 nitrogen and oxygen atoms in total. The molecule has 0 radical (unpaired) electrons. The molecule has 1 saturated carbocycles. The van der Waals surface area contributed by atoms with Crippen LogP contribution < -0.4 is 5.73 Å². The van der Waals surface area contributed by atoms with Crippen LogP contribution in [0.3, 0.4) is 0 Å². The van der Waals surface area contributed by atoms with Gasteiger partial charge in [-0.05, 0) is 38.6 Å². The normalized spacial score (nSPS) is 25.5. The van der Waals surface area contributed by atoms with E-state index >= 15 is 0 Å². The third-order valence-corrected chi connectivity index (χ3v) is 2.59. The molecule has 2 N–H and O–H groups in total. The summed E-state index contributed by atoms with van der Waals surface area (Å²) in [6.45, 7) is 2.16. The standard InChI is InChI=1S/C8H16FN/c1-8(9,5-6-10)7-3-2-4-7/h7H,2-6,10H2,1H3. The van der Waals surface area contributed by atoms with Crippen LogP contribution >= 0.6 is 0 Å². The number of rotatable bonds is 3. The summed E-state index contributed by atoms with van der Waals surface area (Å²) >= 11 is 0. The first-order valence-electron chi connectivity index (χ1n) is 4.06. The zero-order valence-electron chi connectivity index (χ0n) is 6.57. The number of hydrogen-bond acceptors (Lipinski definition) is 1. The van der Waals surface area contributed by atoms with Crippen molar-refractivity contribution in [3.63, 3.8) is 0 Å². The van der Waals surface area contributed by atoms with Gasteiger partial charge in [-0.15, -0.1) is 0 Å². The maximum atomic E-state index is 13.5. The first-order chi connectivity index (χ1) is 4.67. The summed E-state index contributed by atoms with van der Waals surface area (Å²) in [6.07, 6.45) is 3.85. The predicted octanol–water partition coefficient (Wildman–Crippen LogP) is 1.86. The molecule has 0 saturated heterocycles. The number of alkyl halides is 1. The van der Waals surface area contributed by atoms with Gasteiger partial charge in [0.1, 0.15) is 5.67 Å². The van der Waals surface area contributed by atoms with E-state index in [2.05, 4.69) is 0 Å². The van der Waals surface area contributed by atoms with E-state index in [-0.39, 0.29) is 0 Å². The van der Waals surface area contributed by atoms with Gasteiger partial charge in [-0.1, -0.05) is 6.42 Å². The van der Waals surface area contributed by atoms with Gasteiger partial charge in [-0.3, -0.25) is 0 Å². The largest absolute Gasteiger partial charge is 0.330 e. The van der Waals surface area contributed by atoms with Gasteiger partial charge in [0.05, 0.1) is 0 Å². The van der Waals surface area contributed by atoms with E-state index < -0.39 is 5.67 Å². The summed E-state index contributed by atoms with van der Waals surface area (Å²) in [5, 5.41) is 0. The highest BCUT2D eigenvalue weighted by Gasteiger charge is 2.36. The minimum Gasteiger partial charge on any atom is -0.330 e. The second-order valence-corrected chi connectivity index (χ2v) is 3.44. The second-order valence-electron chi connectivity index (χ2n) is 3.44. The van der Waals surface area contributed by atoms with Crippen LogP contribution in [0.15, 0.2) is 0 Å². The van der Waals surface area contributed by atoms with E-state index in [9.17, 15) is 4.39 Å². The number of nitrogens with two attached hydrogens (primary N) is 1. The molecule has 0 aromatic rings. The Hall–Kier alpha value is -0.110. The molecule has 0 heterocycles. The molecule has 10 heavy (non-hydrogen) atoms. The molecule has 0 aliphatic heterocycles. The molecule has 2 heteroatoms. The highest BCUT2D eigenvalue weighted by molar-refractivity contribution is 4.87. The van der Waals surface area contributed by atoms with E-state index in [4.69, 9.17) is 5.73 Å². The number of hydrogen-bond donors (Lipinski definition) is 1. The van der Waals surface area contributed by atoms with Gasteiger partial charge in [-0.25, -0.2) is 4.39 Å². The van der Waals surface area contributed by atoms with Crippen molar-refractivity contribution in [2.24, 2.45) is 11.7 Å². The van der Waals surface area contributed by atoms with Crippen LogP contribution in [-0.4, -0.2) is 12.2 Å². The van der Waals surface area contributed by atoms with E-state index in [1.165, 1.54) is 6.42 Å². The first kappa shape index (κ1) is 7.99. The van der Waals surface area contributed by atoms with Crippen LogP contribution in [0, 0.1) is 5.92 Å². The molecule has 1 unspecified atom stereocenters. The topological polar surface area (TPSA) is 26.0 Å². The zero-order valence-corrected chi connectivity index (χ0v) is 6.57. The van der Waals surface area contributed by atoms with Crippen molar-refractivity contribution in [3.05, 3.63) is 0 Å². The summed E-state index contributed by atoms with van der Waals surface area (Å²) in [5.41, 5.74) is 4.31. The maximum Gasteiger partial charge on any atom is 0.112 e. The molecule has 0 aromatic heterocycles. The van der Waals surface area contributed by atoms with Gasteiger partial charge < -0.3 is 5.73 Å². The molecule has 0 spiro atoms. The Morgan fingerprint density at radius 1 is 1.60 bits per heavy atom. The van der Waals surface area contributed by atoms with Gasteiger partial charge >= 0.3 is 0 Å². The Balaban J connectivity index is 2.33. The Bertz CT molecular complexity index is 108.